The normalized spacial score (nSPS) is 15.0. The van der Waals surface area contributed by atoms with Crippen LogP contribution in [0, 0.1) is 5.92 Å². The average Bonchev–Trinajstić information content (AvgIpc) is 2.76. The van der Waals surface area contributed by atoms with E-state index in [2.05, 4.69) is 27.3 Å². The first kappa shape index (κ1) is 13.4. The summed E-state index contributed by atoms with van der Waals surface area (Å²) in [7, 11) is 0. The van der Waals surface area contributed by atoms with E-state index in [0.717, 1.165) is 28.8 Å². The van der Waals surface area contributed by atoms with Gasteiger partial charge in [0.25, 0.3) is 0 Å². The molecule has 1 aromatic carbocycles. The van der Waals surface area contributed by atoms with Gasteiger partial charge >= 0.3 is 5.97 Å². The topological polar surface area (TPSA) is 58.6 Å². The third kappa shape index (κ3) is 3.03. The minimum absolute atomic E-state index is 0.383. The van der Waals surface area contributed by atoms with E-state index in [1.807, 2.05) is 6.07 Å². The Hall–Kier alpha value is -1.07. The lowest BCUT2D eigenvalue weighted by atomic mass is 10.1. The SMILES string of the molecule is CC(CNCc1cc(Br)cc2c1OCC2)C(=O)O. The van der Waals surface area contributed by atoms with Crippen LogP contribution in [-0.2, 0) is 17.8 Å². The van der Waals surface area contributed by atoms with Crippen molar-refractivity contribution in [1.29, 1.82) is 0 Å². The minimum atomic E-state index is -0.779. The Bertz CT molecular complexity index is 462. The zero-order valence-corrected chi connectivity index (χ0v) is 11.8. The average molecular weight is 314 g/mol. The first-order chi connectivity index (χ1) is 8.58. The summed E-state index contributed by atoms with van der Waals surface area (Å²) in [5.41, 5.74) is 2.29. The lowest BCUT2D eigenvalue weighted by Gasteiger charge is -2.11. The molecule has 5 heteroatoms. The van der Waals surface area contributed by atoms with Gasteiger partial charge in [-0.05, 0) is 17.7 Å². The molecule has 0 saturated heterocycles. The molecule has 0 aromatic heterocycles. The summed E-state index contributed by atoms with van der Waals surface area (Å²) < 4.78 is 6.65. The molecule has 98 valence electrons. The van der Waals surface area contributed by atoms with Gasteiger partial charge in [0.1, 0.15) is 5.75 Å². The summed E-state index contributed by atoms with van der Waals surface area (Å²) in [6.45, 7) is 3.50. The molecule has 2 rings (SSSR count). The number of nitrogens with one attached hydrogen (secondary N) is 1. The van der Waals surface area contributed by atoms with Crippen LogP contribution in [0.3, 0.4) is 0 Å². The van der Waals surface area contributed by atoms with Crippen molar-refractivity contribution in [3.63, 3.8) is 0 Å². The maximum absolute atomic E-state index is 10.7. The Morgan fingerprint density at radius 2 is 2.39 bits per heavy atom. The quantitative estimate of drug-likeness (QED) is 0.875. The van der Waals surface area contributed by atoms with E-state index in [-0.39, 0.29) is 5.92 Å². The van der Waals surface area contributed by atoms with Gasteiger partial charge in [-0.2, -0.15) is 0 Å². The Balaban J connectivity index is 2.00. The van der Waals surface area contributed by atoms with Crippen LogP contribution >= 0.6 is 15.9 Å². The van der Waals surface area contributed by atoms with Gasteiger partial charge in [-0.3, -0.25) is 4.79 Å². The summed E-state index contributed by atoms with van der Waals surface area (Å²) in [6.07, 6.45) is 0.938. The van der Waals surface area contributed by atoms with E-state index < -0.39 is 5.97 Å². The number of carboxylic acid groups (broad SMARTS) is 1. The van der Waals surface area contributed by atoms with Crippen molar-refractivity contribution in [1.82, 2.24) is 5.32 Å². The van der Waals surface area contributed by atoms with Crippen LogP contribution in [0.25, 0.3) is 0 Å². The second-order valence-electron chi connectivity index (χ2n) is 4.52. The number of carboxylic acids is 1. The second-order valence-corrected chi connectivity index (χ2v) is 5.44. The molecule has 1 aromatic rings. The number of hydrogen-bond donors (Lipinski definition) is 2. The molecule has 1 atom stereocenters. The molecular weight excluding hydrogens is 298 g/mol. The van der Waals surface area contributed by atoms with Gasteiger partial charge < -0.3 is 15.2 Å². The maximum Gasteiger partial charge on any atom is 0.307 e. The fourth-order valence-electron chi connectivity index (χ4n) is 1.99. The van der Waals surface area contributed by atoms with Crippen LogP contribution in [0.1, 0.15) is 18.1 Å². The summed E-state index contributed by atoms with van der Waals surface area (Å²) in [4.78, 5) is 10.7. The maximum atomic E-state index is 10.7. The molecule has 18 heavy (non-hydrogen) atoms. The van der Waals surface area contributed by atoms with Crippen molar-refractivity contribution >= 4 is 21.9 Å². The number of fused-ring (bicyclic) bond motifs is 1. The van der Waals surface area contributed by atoms with Crippen molar-refractivity contribution in [3.8, 4) is 5.75 Å². The number of ether oxygens (including phenoxy) is 1. The molecule has 0 spiro atoms. The van der Waals surface area contributed by atoms with Crippen molar-refractivity contribution in [3.05, 3.63) is 27.7 Å². The molecule has 0 bridgehead atoms. The van der Waals surface area contributed by atoms with E-state index in [1.165, 1.54) is 5.56 Å². The van der Waals surface area contributed by atoms with E-state index in [9.17, 15) is 4.79 Å². The van der Waals surface area contributed by atoms with E-state index in [1.54, 1.807) is 6.92 Å². The van der Waals surface area contributed by atoms with Gasteiger partial charge in [0.05, 0.1) is 12.5 Å². The van der Waals surface area contributed by atoms with Crippen molar-refractivity contribution in [2.75, 3.05) is 13.2 Å². The minimum Gasteiger partial charge on any atom is -0.493 e. The fraction of sp³-hybridized carbons (Fsp3) is 0.462. The van der Waals surface area contributed by atoms with E-state index in [4.69, 9.17) is 9.84 Å². The zero-order valence-electron chi connectivity index (χ0n) is 10.2. The highest BCUT2D eigenvalue weighted by atomic mass is 79.9. The molecule has 0 radical (unpaired) electrons. The zero-order chi connectivity index (χ0) is 13.1. The van der Waals surface area contributed by atoms with Crippen LogP contribution in [0.4, 0.5) is 0 Å². The fourth-order valence-corrected chi connectivity index (χ4v) is 2.54. The summed E-state index contributed by atoms with van der Waals surface area (Å²) in [6, 6.07) is 4.09. The van der Waals surface area contributed by atoms with Crippen molar-refractivity contribution in [2.45, 2.75) is 19.9 Å². The largest absolute Gasteiger partial charge is 0.493 e. The smallest absolute Gasteiger partial charge is 0.307 e. The number of hydrogen-bond acceptors (Lipinski definition) is 3. The van der Waals surface area contributed by atoms with Crippen molar-refractivity contribution < 1.29 is 14.6 Å². The molecule has 0 saturated carbocycles. The Morgan fingerprint density at radius 1 is 1.61 bits per heavy atom. The van der Waals surface area contributed by atoms with E-state index >= 15 is 0 Å². The number of halogens is 1. The van der Waals surface area contributed by atoms with Gasteiger partial charge in [0.15, 0.2) is 0 Å². The highest BCUT2D eigenvalue weighted by molar-refractivity contribution is 9.10. The first-order valence-electron chi connectivity index (χ1n) is 5.95. The molecular formula is C13H16BrNO3. The third-order valence-corrected chi connectivity index (χ3v) is 3.47. The Kier molecular flexibility index (Phi) is 4.24. The molecule has 0 amide bonds. The van der Waals surface area contributed by atoms with Gasteiger partial charge in [0.2, 0.25) is 0 Å². The van der Waals surface area contributed by atoms with Gasteiger partial charge in [-0.25, -0.2) is 0 Å². The molecule has 1 aliphatic rings. The molecule has 2 N–H and O–H groups in total. The molecule has 1 unspecified atom stereocenters. The number of benzene rings is 1. The van der Waals surface area contributed by atoms with Crippen LogP contribution in [0.2, 0.25) is 0 Å². The van der Waals surface area contributed by atoms with Gasteiger partial charge in [-0.15, -0.1) is 0 Å². The predicted octanol–water partition coefficient (Wildman–Crippen LogP) is 2.19. The number of aliphatic carboxylic acids is 1. The van der Waals surface area contributed by atoms with Crippen molar-refractivity contribution in [2.24, 2.45) is 5.92 Å². The monoisotopic (exact) mass is 313 g/mol. The Labute approximate surface area is 114 Å². The van der Waals surface area contributed by atoms with E-state index in [0.29, 0.717) is 13.1 Å². The lowest BCUT2D eigenvalue weighted by Crippen LogP contribution is -2.26. The summed E-state index contributed by atoms with van der Waals surface area (Å²) in [5, 5.41) is 12.0. The van der Waals surface area contributed by atoms with Gasteiger partial charge in [-0.1, -0.05) is 22.9 Å². The first-order valence-corrected chi connectivity index (χ1v) is 6.75. The second kappa shape index (κ2) is 5.71. The third-order valence-electron chi connectivity index (χ3n) is 3.01. The standard InChI is InChI=1S/C13H16BrNO3/c1-8(13(16)17)6-15-7-10-5-11(14)4-9-2-3-18-12(9)10/h4-5,8,15H,2-3,6-7H2,1H3,(H,16,17). The highest BCUT2D eigenvalue weighted by Crippen LogP contribution is 2.32. The molecule has 1 aliphatic heterocycles. The van der Waals surface area contributed by atoms with Crippen LogP contribution in [0.5, 0.6) is 5.75 Å². The van der Waals surface area contributed by atoms with Crippen LogP contribution in [0.15, 0.2) is 16.6 Å². The molecule has 4 nitrogen and oxygen atoms in total. The molecule has 1 heterocycles. The summed E-state index contributed by atoms with van der Waals surface area (Å²) in [5.74, 6) is -0.210. The summed E-state index contributed by atoms with van der Waals surface area (Å²) >= 11 is 3.48. The predicted molar refractivity (Wildman–Crippen MR) is 71.8 cm³/mol. The van der Waals surface area contributed by atoms with Crippen LogP contribution in [-0.4, -0.2) is 24.2 Å². The number of rotatable bonds is 5. The van der Waals surface area contributed by atoms with Crippen LogP contribution < -0.4 is 10.1 Å². The molecule has 0 fully saturated rings. The lowest BCUT2D eigenvalue weighted by molar-refractivity contribution is -0.140. The Morgan fingerprint density at radius 3 is 3.11 bits per heavy atom. The van der Waals surface area contributed by atoms with Gasteiger partial charge in [0, 0.05) is 29.5 Å². The number of carbonyl (C=O) groups is 1. The molecule has 0 aliphatic carbocycles. The highest BCUT2D eigenvalue weighted by Gasteiger charge is 2.17.